The Morgan fingerprint density at radius 3 is 2.80 bits per heavy atom. The number of thiophene rings is 1. The highest BCUT2D eigenvalue weighted by Crippen LogP contribution is 2.31. The van der Waals surface area contributed by atoms with Crippen LogP contribution in [0.15, 0.2) is 29.6 Å². The number of nitrogens with one attached hydrogen (secondary N) is 1. The minimum Gasteiger partial charge on any atom is -0.370 e. The van der Waals surface area contributed by atoms with E-state index in [4.69, 9.17) is 11.6 Å². The standard InChI is InChI=1S/C15H14ClN3S/c1-3-17-14-11-8-10(16)4-5-12(11)18-15(19-14)13-9(2)6-7-20-13/h4-8H,3H2,1-2H3,(H,17,18,19). The lowest BCUT2D eigenvalue weighted by Gasteiger charge is -2.09. The smallest absolute Gasteiger partial charge is 0.172 e. The zero-order chi connectivity index (χ0) is 14.1. The molecule has 102 valence electrons. The first kappa shape index (κ1) is 13.3. The second-order valence-electron chi connectivity index (χ2n) is 4.52. The molecule has 0 saturated heterocycles. The Morgan fingerprint density at radius 1 is 1.25 bits per heavy atom. The average molecular weight is 304 g/mol. The van der Waals surface area contributed by atoms with Crippen molar-refractivity contribution in [3.8, 4) is 10.7 Å². The van der Waals surface area contributed by atoms with Crippen molar-refractivity contribution >= 4 is 39.7 Å². The molecule has 0 unspecified atom stereocenters. The molecule has 0 amide bonds. The molecule has 0 spiro atoms. The summed E-state index contributed by atoms with van der Waals surface area (Å²) < 4.78 is 0. The van der Waals surface area contributed by atoms with Gasteiger partial charge in [-0.1, -0.05) is 11.6 Å². The molecule has 20 heavy (non-hydrogen) atoms. The Balaban J connectivity index is 2.25. The van der Waals surface area contributed by atoms with Gasteiger partial charge in [0.2, 0.25) is 0 Å². The van der Waals surface area contributed by atoms with Crippen molar-refractivity contribution in [2.24, 2.45) is 0 Å². The first-order valence-electron chi connectivity index (χ1n) is 6.44. The lowest BCUT2D eigenvalue weighted by atomic mass is 10.2. The number of hydrogen-bond donors (Lipinski definition) is 1. The molecule has 0 bridgehead atoms. The first-order chi connectivity index (χ1) is 9.69. The zero-order valence-corrected chi connectivity index (χ0v) is 12.8. The lowest BCUT2D eigenvalue weighted by Crippen LogP contribution is -2.02. The van der Waals surface area contributed by atoms with Gasteiger partial charge < -0.3 is 5.32 Å². The van der Waals surface area contributed by atoms with Crippen molar-refractivity contribution in [3.05, 3.63) is 40.2 Å². The number of benzene rings is 1. The maximum absolute atomic E-state index is 6.07. The van der Waals surface area contributed by atoms with E-state index in [0.717, 1.165) is 34.0 Å². The second kappa shape index (κ2) is 5.38. The summed E-state index contributed by atoms with van der Waals surface area (Å²) in [7, 11) is 0. The van der Waals surface area contributed by atoms with E-state index in [1.807, 2.05) is 18.2 Å². The van der Waals surface area contributed by atoms with E-state index in [1.54, 1.807) is 11.3 Å². The lowest BCUT2D eigenvalue weighted by molar-refractivity contribution is 1.15. The quantitative estimate of drug-likeness (QED) is 0.758. The molecule has 0 aliphatic rings. The summed E-state index contributed by atoms with van der Waals surface area (Å²) in [4.78, 5) is 10.4. The van der Waals surface area contributed by atoms with E-state index in [0.29, 0.717) is 5.02 Å². The van der Waals surface area contributed by atoms with E-state index >= 15 is 0 Å². The molecule has 0 atom stereocenters. The van der Waals surface area contributed by atoms with Gasteiger partial charge in [0.1, 0.15) is 5.82 Å². The van der Waals surface area contributed by atoms with Crippen LogP contribution >= 0.6 is 22.9 Å². The van der Waals surface area contributed by atoms with Crippen LogP contribution in [-0.2, 0) is 0 Å². The number of aromatic nitrogens is 2. The first-order valence-corrected chi connectivity index (χ1v) is 7.70. The van der Waals surface area contributed by atoms with Crippen LogP contribution in [0.1, 0.15) is 12.5 Å². The largest absolute Gasteiger partial charge is 0.370 e. The number of anilines is 1. The topological polar surface area (TPSA) is 37.8 Å². The van der Waals surface area contributed by atoms with Crippen molar-refractivity contribution in [1.82, 2.24) is 9.97 Å². The molecule has 1 aromatic carbocycles. The van der Waals surface area contributed by atoms with Crippen LogP contribution < -0.4 is 5.32 Å². The third-order valence-electron chi connectivity index (χ3n) is 3.07. The van der Waals surface area contributed by atoms with Gasteiger partial charge in [-0.3, -0.25) is 0 Å². The van der Waals surface area contributed by atoms with Gasteiger partial charge in [0.05, 0.1) is 10.4 Å². The monoisotopic (exact) mass is 303 g/mol. The summed E-state index contributed by atoms with van der Waals surface area (Å²) in [6.07, 6.45) is 0. The van der Waals surface area contributed by atoms with Crippen LogP contribution in [0.4, 0.5) is 5.82 Å². The van der Waals surface area contributed by atoms with Gasteiger partial charge in [-0.05, 0) is 49.1 Å². The van der Waals surface area contributed by atoms with E-state index in [-0.39, 0.29) is 0 Å². The van der Waals surface area contributed by atoms with Crippen LogP contribution in [0.3, 0.4) is 0 Å². The van der Waals surface area contributed by atoms with Gasteiger partial charge in [-0.25, -0.2) is 9.97 Å². The maximum Gasteiger partial charge on any atom is 0.172 e. The molecule has 0 aliphatic carbocycles. The predicted molar refractivity (Wildman–Crippen MR) is 86.8 cm³/mol. The molecular weight excluding hydrogens is 290 g/mol. The van der Waals surface area contributed by atoms with Gasteiger partial charge in [0.15, 0.2) is 5.82 Å². The van der Waals surface area contributed by atoms with E-state index < -0.39 is 0 Å². The molecule has 2 heterocycles. The molecule has 2 aromatic heterocycles. The van der Waals surface area contributed by atoms with Crippen LogP contribution in [0.25, 0.3) is 21.6 Å². The summed E-state index contributed by atoms with van der Waals surface area (Å²) in [6, 6.07) is 7.78. The third kappa shape index (κ3) is 2.37. The van der Waals surface area contributed by atoms with Gasteiger partial charge in [0, 0.05) is 17.0 Å². The van der Waals surface area contributed by atoms with Crippen LogP contribution in [0, 0.1) is 6.92 Å². The zero-order valence-electron chi connectivity index (χ0n) is 11.3. The number of hydrogen-bond acceptors (Lipinski definition) is 4. The fourth-order valence-corrected chi connectivity index (χ4v) is 3.14. The SMILES string of the molecule is CCNc1nc(-c2sccc2C)nc2ccc(Cl)cc12. The Morgan fingerprint density at radius 2 is 2.10 bits per heavy atom. The van der Waals surface area contributed by atoms with Crippen molar-refractivity contribution in [2.45, 2.75) is 13.8 Å². The molecular formula is C15H14ClN3S. The van der Waals surface area contributed by atoms with E-state index in [1.165, 1.54) is 5.56 Å². The molecule has 3 nitrogen and oxygen atoms in total. The summed E-state index contributed by atoms with van der Waals surface area (Å²) in [5, 5.41) is 7.01. The number of aryl methyl sites for hydroxylation is 1. The highest BCUT2D eigenvalue weighted by atomic mass is 35.5. The van der Waals surface area contributed by atoms with Crippen molar-refractivity contribution < 1.29 is 0 Å². The minimum atomic E-state index is 0.695. The van der Waals surface area contributed by atoms with Gasteiger partial charge in [-0.2, -0.15) is 0 Å². The van der Waals surface area contributed by atoms with Crippen LogP contribution in [-0.4, -0.2) is 16.5 Å². The molecule has 0 radical (unpaired) electrons. The van der Waals surface area contributed by atoms with Gasteiger partial charge in [0.25, 0.3) is 0 Å². The number of fused-ring (bicyclic) bond motifs is 1. The minimum absolute atomic E-state index is 0.695. The summed E-state index contributed by atoms with van der Waals surface area (Å²) in [5.74, 6) is 1.60. The molecule has 3 aromatic rings. The second-order valence-corrected chi connectivity index (χ2v) is 5.87. The molecule has 5 heteroatoms. The van der Waals surface area contributed by atoms with Crippen LogP contribution in [0.2, 0.25) is 5.02 Å². The Labute approximate surface area is 126 Å². The van der Waals surface area contributed by atoms with Crippen molar-refractivity contribution in [3.63, 3.8) is 0 Å². The van der Waals surface area contributed by atoms with Crippen molar-refractivity contribution in [1.29, 1.82) is 0 Å². The normalized spacial score (nSPS) is 10.9. The number of halogens is 1. The molecule has 0 aliphatic heterocycles. The fraction of sp³-hybridized carbons (Fsp3) is 0.200. The summed E-state index contributed by atoms with van der Waals surface area (Å²) >= 11 is 7.74. The third-order valence-corrected chi connectivity index (χ3v) is 4.31. The highest BCUT2D eigenvalue weighted by Gasteiger charge is 2.12. The highest BCUT2D eigenvalue weighted by molar-refractivity contribution is 7.13. The van der Waals surface area contributed by atoms with Crippen LogP contribution in [0.5, 0.6) is 0 Å². The number of nitrogens with zero attached hydrogens (tertiary/aromatic N) is 2. The van der Waals surface area contributed by atoms with E-state index in [2.05, 4.69) is 40.6 Å². The molecule has 0 saturated carbocycles. The average Bonchev–Trinajstić information content (AvgIpc) is 2.85. The Bertz CT molecular complexity index is 767. The van der Waals surface area contributed by atoms with Crippen molar-refractivity contribution in [2.75, 3.05) is 11.9 Å². The molecule has 0 fully saturated rings. The predicted octanol–water partition coefficient (Wildman–Crippen LogP) is 4.75. The summed E-state index contributed by atoms with van der Waals surface area (Å²) in [5.41, 5.74) is 2.11. The fourth-order valence-electron chi connectivity index (χ4n) is 2.11. The molecule has 3 rings (SSSR count). The number of rotatable bonds is 3. The Hall–Kier alpha value is -1.65. The molecule has 1 N–H and O–H groups in total. The van der Waals surface area contributed by atoms with Gasteiger partial charge in [-0.15, -0.1) is 11.3 Å². The maximum atomic E-state index is 6.07. The van der Waals surface area contributed by atoms with E-state index in [9.17, 15) is 0 Å². The van der Waals surface area contributed by atoms with Gasteiger partial charge >= 0.3 is 0 Å². The summed E-state index contributed by atoms with van der Waals surface area (Å²) in [6.45, 7) is 4.93. The Kier molecular flexibility index (Phi) is 3.59.